The van der Waals surface area contributed by atoms with Crippen molar-refractivity contribution in [3.05, 3.63) is 11.9 Å². The maximum absolute atomic E-state index is 4.13. The van der Waals surface area contributed by atoms with Crippen LogP contribution >= 0.6 is 22.5 Å². The van der Waals surface area contributed by atoms with Crippen molar-refractivity contribution >= 4 is 22.5 Å². The van der Waals surface area contributed by atoms with E-state index in [0.29, 0.717) is 0 Å². The molecule has 0 atom stereocenters. The lowest BCUT2D eigenvalue weighted by Crippen LogP contribution is -2.06. The SMILES string of the molecule is CC(C)CCc1cnnn1CCCCSS. The van der Waals surface area contributed by atoms with Gasteiger partial charge in [-0.1, -0.05) is 29.9 Å². The fourth-order valence-electron chi connectivity index (χ4n) is 1.53. The zero-order chi connectivity index (χ0) is 11.8. The van der Waals surface area contributed by atoms with E-state index in [0.717, 1.165) is 31.1 Å². The van der Waals surface area contributed by atoms with Crippen molar-refractivity contribution in [1.82, 2.24) is 15.0 Å². The number of nitrogens with zero attached hydrogens (tertiary/aromatic N) is 3. The molecule has 92 valence electrons. The van der Waals surface area contributed by atoms with Crippen molar-refractivity contribution in [2.24, 2.45) is 5.92 Å². The minimum Gasteiger partial charge on any atom is -0.249 e. The summed E-state index contributed by atoms with van der Waals surface area (Å²) in [7, 11) is 1.61. The molecular weight excluding hydrogens is 238 g/mol. The number of thiol groups is 1. The van der Waals surface area contributed by atoms with Crippen LogP contribution < -0.4 is 0 Å². The Labute approximate surface area is 107 Å². The highest BCUT2D eigenvalue weighted by Gasteiger charge is 2.04. The van der Waals surface area contributed by atoms with Crippen LogP contribution in [0.1, 0.15) is 38.8 Å². The number of aromatic nitrogens is 3. The molecule has 3 nitrogen and oxygen atoms in total. The molecule has 0 aliphatic carbocycles. The lowest BCUT2D eigenvalue weighted by molar-refractivity contribution is 0.511. The normalized spacial score (nSPS) is 11.2. The second kappa shape index (κ2) is 8.01. The van der Waals surface area contributed by atoms with Gasteiger partial charge in [0.25, 0.3) is 0 Å². The van der Waals surface area contributed by atoms with Gasteiger partial charge in [0.1, 0.15) is 0 Å². The lowest BCUT2D eigenvalue weighted by Gasteiger charge is -2.07. The van der Waals surface area contributed by atoms with Gasteiger partial charge < -0.3 is 0 Å². The Morgan fingerprint density at radius 2 is 2.25 bits per heavy atom. The van der Waals surface area contributed by atoms with E-state index in [4.69, 9.17) is 0 Å². The molecule has 16 heavy (non-hydrogen) atoms. The van der Waals surface area contributed by atoms with E-state index >= 15 is 0 Å². The summed E-state index contributed by atoms with van der Waals surface area (Å²) in [6, 6.07) is 0. The highest BCUT2D eigenvalue weighted by atomic mass is 33.1. The maximum atomic E-state index is 4.13. The molecule has 0 unspecified atom stereocenters. The minimum absolute atomic E-state index is 0.740. The quantitative estimate of drug-likeness (QED) is 0.442. The highest BCUT2D eigenvalue weighted by Crippen LogP contribution is 2.11. The van der Waals surface area contributed by atoms with Crippen molar-refractivity contribution in [3.8, 4) is 0 Å². The zero-order valence-electron chi connectivity index (χ0n) is 10.1. The average Bonchev–Trinajstić information content (AvgIpc) is 2.69. The molecule has 1 aromatic rings. The number of rotatable bonds is 8. The van der Waals surface area contributed by atoms with Crippen molar-refractivity contribution in [3.63, 3.8) is 0 Å². The van der Waals surface area contributed by atoms with E-state index in [1.54, 1.807) is 10.8 Å². The molecule has 0 bridgehead atoms. The second-order valence-corrected chi connectivity index (χ2v) is 5.86. The summed E-state index contributed by atoms with van der Waals surface area (Å²) in [6.45, 7) is 5.48. The first-order valence-electron chi connectivity index (χ1n) is 5.87. The number of unbranched alkanes of at least 4 members (excludes halogenated alkanes) is 1. The zero-order valence-corrected chi connectivity index (χ0v) is 11.8. The Morgan fingerprint density at radius 1 is 1.44 bits per heavy atom. The van der Waals surface area contributed by atoms with Crippen LogP contribution in [0.2, 0.25) is 0 Å². The molecule has 5 heteroatoms. The predicted octanol–water partition coefficient (Wildman–Crippen LogP) is 3.22. The van der Waals surface area contributed by atoms with Gasteiger partial charge in [-0.3, -0.25) is 0 Å². The van der Waals surface area contributed by atoms with Crippen LogP contribution in [0.15, 0.2) is 6.20 Å². The third-order valence-corrected chi connectivity index (χ3v) is 3.55. The molecule has 1 heterocycles. The summed E-state index contributed by atoms with van der Waals surface area (Å²) >= 11 is 4.13. The Balaban J connectivity index is 2.32. The summed E-state index contributed by atoms with van der Waals surface area (Å²) in [5, 5.41) is 8.12. The summed E-state index contributed by atoms with van der Waals surface area (Å²) in [4.78, 5) is 0. The first-order chi connectivity index (χ1) is 7.74. The van der Waals surface area contributed by atoms with E-state index in [-0.39, 0.29) is 0 Å². The summed E-state index contributed by atoms with van der Waals surface area (Å²) < 4.78 is 2.05. The Morgan fingerprint density at radius 3 is 2.94 bits per heavy atom. The standard InChI is InChI=1S/C11H21N3S2/c1-10(2)5-6-11-9-12-13-14(11)7-3-4-8-16-15/h9-10,15H,3-8H2,1-2H3. The summed E-state index contributed by atoms with van der Waals surface area (Å²) in [5.41, 5.74) is 1.27. The van der Waals surface area contributed by atoms with Crippen LogP contribution in [-0.4, -0.2) is 20.7 Å². The van der Waals surface area contributed by atoms with Crippen LogP contribution in [0.25, 0.3) is 0 Å². The van der Waals surface area contributed by atoms with Crippen molar-refractivity contribution < 1.29 is 0 Å². The number of hydrogen-bond acceptors (Lipinski definition) is 4. The molecule has 0 saturated carbocycles. The highest BCUT2D eigenvalue weighted by molar-refractivity contribution is 8.68. The number of aryl methyl sites for hydroxylation is 2. The largest absolute Gasteiger partial charge is 0.249 e. The minimum atomic E-state index is 0.740. The number of hydrogen-bond donors (Lipinski definition) is 1. The predicted molar refractivity (Wildman–Crippen MR) is 73.9 cm³/mol. The maximum Gasteiger partial charge on any atom is 0.0725 e. The van der Waals surface area contributed by atoms with Gasteiger partial charge in [-0.2, -0.15) is 0 Å². The van der Waals surface area contributed by atoms with E-state index in [1.807, 2.05) is 10.9 Å². The van der Waals surface area contributed by atoms with Crippen molar-refractivity contribution in [2.45, 2.75) is 46.1 Å². The van der Waals surface area contributed by atoms with Gasteiger partial charge >= 0.3 is 0 Å². The Bertz CT molecular complexity index is 287. The van der Waals surface area contributed by atoms with Crippen molar-refractivity contribution in [2.75, 3.05) is 5.75 Å². The first kappa shape index (κ1) is 13.9. The van der Waals surface area contributed by atoms with E-state index in [9.17, 15) is 0 Å². The molecule has 0 aliphatic rings. The van der Waals surface area contributed by atoms with Gasteiger partial charge in [-0.05, 0) is 31.6 Å². The first-order valence-corrected chi connectivity index (χ1v) is 7.91. The van der Waals surface area contributed by atoms with Crippen LogP contribution in [0.4, 0.5) is 0 Å². The molecule has 0 aliphatic heterocycles. The third kappa shape index (κ3) is 5.25. The summed E-state index contributed by atoms with van der Waals surface area (Å²) in [5.74, 6) is 1.85. The fraction of sp³-hybridized carbons (Fsp3) is 0.818. The van der Waals surface area contributed by atoms with E-state index < -0.39 is 0 Å². The smallest absolute Gasteiger partial charge is 0.0725 e. The topological polar surface area (TPSA) is 30.7 Å². The van der Waals surface area contributed by atoms with Crippen LogP contribution in [0, 0.1) is 5.92 Å². The summed E-state index contributed by atoms with van der Waals surface area (Å²) in [6.07, 6.45) is 6.55. The van der Waals surface area contributed by atoms with Gasteiger partial charge in [0.05, 0.1) is 11.9 Å². The second-order valence-electron chi connectivity index (χ2n) is 4.42. The van der Waals surface area contributed by atoms with Crippen LogP contribution in [0.3, 0.4) is 0 Å². The monoisotopic (exact) mass is 259 g/mol. The molecular formula is C11H21N3S2. The van der Waals surface area contributed by atoms with Gasteiger partial charge in [-0.25, -0.2) is 4.68 Å². The van der Waals surface area contributed by atoms with E-state index in [2.05, 4.69) is 35.8 Å². The molecule has 1 aromatic heterocycles. The van der Waals surface area contributed by atoms with Gasteiger partial charge in [0.15, 0.2) is 0 Å². The molecule has 1 rings (SSSR count). The molecule has 0 fully saturated rings. The lowest BCUT2D eigenvalue weighted by atomic mass is 10.1. The van der Waals surface area contributed by atoms with Crippen LogP contribution in [-0.2, 0) is 13.0 Å². The van der Waals surface area contributed by atoms with Gasteiger partial charge in [0, 0.05) is 12.3 Å². The molecule has 0 amide bonds. The fourth-order valence-corrected chi connectivity index (χ4v) is 2.25. The molecule has 0 N–H and O–H groups in total. The molecule has 0 aromatic carbocycles. The molecule has 0 spiro atoms. The van der Waals surface area contributed by atoms with Gasteiger partial charge in [0.2, 0.25) is 0 Å². The average molecular weight is 259 g/mol. The Hall–Kier alpha value is -0.160. The van der Waals surface area contributed by atoms with E-state index in [1.165, 1.54) is 18.5 Å². The molecule has 0 radical (unpaired) electrons. The van der Waals surface area contributed by atoms with Crippen LogP contribution in [0.5, 0.6) is 0 Å². The Kier molecular flexibility index (Phi) is 6.96. The van der Waals surface area contributed by atoms with Gasteiger partial charge in [-0.15, -0.1) is 16.8 Å². The molecule has 0 saturated heterocycles. The van der Waals surface area contributed by atoms with Crippen molar-refractivity contribution in [1.29, 1.82) is 0 Å². The third-order valence-electron chi connectivity index (χ3n) is 2.53.